The molecule has 1 N–H and O–H groups in total. The number of amides is 1. The topological polar surface area (TPSA) is 32.3 Å². The van der Waals surface area contributed by atoms with Crippen molar-refractivity contribution in [3.05, 3.63) is 0 Å². The fraction of sp³-hybridized carbons (Fsp3) is 0.923. The van der Waals surface area contributed by atoms with E-state index in [0.717, 1.165) is 51.9 Å². The van der Waals surface area contributed by atoms with E-state index in [0.29, 0.717) is 5.91 Å². The standard InChI is InChI=1S/C13H26N2O/c1-4-10-15(6-3)12(16)13(5-2)8-7-9-14-11-13/h14H,4-11H2,1-3H3. The second-order valence-corrected chi connectivity index (χ2v) is 4.80. The fourth-order valence-electron chi connectivity index (χ4n) is 2.61. The zero-order valence-corrected chi connectivity index (χ0v) is 11.0. The van der Waals surface area contributed by atoms with Crippen LogP contribution in [0.15, 0.2) is 0 Å². The average Bonchev–Trinajstić information content (AvgIpc) is 2.36. The molecule has 1 rings (SSSR count). The normalized spacial score (nSPS) is 25.4. The highest BCUT2D eigenvalue weighted by Gasteiger charge is 2.39. The second kappa shape index (κ2) is 6.24. The van der Waals surface area contributed by atoms with Crippen LogP contribution in [0.3, 0.4) is 0 Å². The van der Waals surface area contributed by atoms with Crippen LogP contribution in [0.25, 0.3) is 0 Å². The van der Waals surface area contributed by atoms with Gasteiger partial charge >= 0.3 is 0 Å². The van der Waals surface area contributed by atoms with Crippen LogP contribution >= 0.6 is 0 Å². The van der Waals surface area contributed by atoms with Crippen LogP contribution in [-0.4, -0.2) is 37.0 Å². The van der Waals surface area contributed by atoms with Crippen molar-refractivity contribution in [1.29, 1.82) is 0 Å². The molecule has 0 bridgehead atoms. The molecule has 0 aromatic heterocycles. The molecule has 16 heavy (non-hydrogen) atoms. The summed E-state index contributed by atoms with van der Waals surface area (Å²) in [6, 6.07) is 0. The van der Waals surface area contributed by atoms with E-state index >= 15 is 0 Å². The van der Waals surface area contributed by atoms with Gasteiger partial charge in [0.25, 0.3) is 0 Å². The van der Waals surface area contributed by atoms with Gasteiger partial charge in [0, 0.05) is 19.6 Å². The van der Waals surface area contributed by atoms with E-state index in [2.05, 4.69) is 26.1 Å². The second-order valence-electron chi connectivity index (χ2n) is 4.80. The summed E-state index contributed by atoms with van der Waals surface area (Å²) in [5.41, 5.74) is -0.122. The molecule has 3 heteroatoms. The molecule has 0 saturated carbocycles. The van der Waals surface area contributed by atoms with E-state index in [9.17, 15) is 4.79 Å². The molecular formula is C13H26N2O. The Bertz CT molecular complexity index is 222. The summed E-state index contributed by atoms with van der Waals surface area (Å²) in [6.45, 7) is 10.0. The number of hydrogen-bond acceptors (Lipinski definition) is 2. The zero-order valence-electron chi connectivity index (χ0n) is 11.0. The zero-order chi connectivity index (χ0) is 12.0. The summed E-state index contributed by atoms with van der Waals surface area (Å²) in [4.78, 5) is 14.6. The fourth-order valence-corrected chi connectivity index (χ4v) is 2.61. The minimum absolute atomic E-state index is 0.122. The van der Waals surface area contributed by atoms with Crippen LogP contribution in [0, 0.1) is 5.41 Å². The van der Waals surface area contributed by atoms with Crippen molar-refractivity contribution in [2.75, 3.05) is 26.2 Å². The average molecular weight is 226 g/mol. The number of carbonyl (C=O) groups excluding carboxylic acids is 1. The molecule has 1 fully saturated rings. The molecule has 1 unspecified atom stereocenters. The maximum absolute atomic E-state index is 12.6. The summed E-state index contributed by atoms with van der Waals surface area (Å²) in [5, 5.41) is 3.38. The van der Waals surface area contributed by atoms with Crippen LogP contribution in [0.2, 0.25) is 0 Å². The van der Waals surface area contributed by atoms with Crippen LogP contribution in [-0.2, 0) is 4.79 Å². The molecule has 94 valence electrons. The quantitative estimate of drug-likeness (QED) is 0.778. The van der Waals surface area contributed by atoms with Gasteiger partial charge in [-0.1, -0.05) is 13.8 Å². The Morgan fingerprint density at radius 2 is 2.12 bits per heavy atom. The number of nitrogens with one attached hydrogen (secondary N) is 1. The van der Waals surface area contributed by atoms with Gasteiger partial charge < -0.3 is 10.2 Å². The number of rotatable bonds is 5. The Labute approximate surface area is 99.6 Å². The van der Waals surface area contributed by atoms with Gasteiger partial charge in [-0.3, -0.25) is 4.79 Å². The minimum Gasteiger partial charge on any atom is -0.342 e. The van der Waals surface area contributed by atoms with E-state index in [1.54, 1.807) is 0 Å². The maximum Gasteiger partial charge on any atom is 0.230 e. The number of nitrogens with zero attached hydrogens (tertiary/aromatic N) is 1. The Morgan fingerprint density at radius 3 is 2.56 bits per heavy atom. The minimum atomic E-state index is -0.122. The van der Waals surface area contributed by atoms with Crippen molar-refractivity contribution in [3.63, 3.8) is 0 Å². The van der Waals surface area contributed by atoms with E-state index in [4.69, 9.17) is 0 Å². The third kappa shape index (κ3) is 2.76. The predicted octanol–water partition coefficient (Wildman–Crippen LogP) is 2.02. The first-order valence-corrected chi connectivity index (χ1v) is 6.70. The third-order valence-corrected chi connectivity index (χ3v) is 3.77. The molecule has 0 spiro atoms. The first-order chi connectivity index (χ1) is 7.70. The van der Waals surface area contributed by atoms with Crippen molar-refractivity contribution in [2.24, 2.45) is 5.41 Å². The van der Waals surface area contributed by atoms with Crippen LogP contribution in [0.4, 0.5) is 0 Å². The molecule has 1 heterocycles. The molecule has 3 nitrogen and oxygen atoms in total. The maximum atomic E-state index is 12.6. The third-order valence-electron chi connectivity index (χ3n) is 3.77. The highest BCUT2D eigenvalue weighted by Crippen LogP contribution is 2.32. The lowest BCUT2D eigenvalue weighted by Gasteiger charge is -2.39. The van der Waals surface area contributed by atoms with Gasteiger partial charge in [-0.05, 0) is 39.2 Å². The molecule has 1 amide bonds. The molecular weight excluding hydrogens is 200 g/mol. The van der Waals surface area contributed by atoms with Gasteiger partial charge in [-0.25, -0.2) is 0 Å². The van der Waals surface area contributed by atoms with Crippen LogP contribution in [0.5, 0.6) is 0 Å². The SMILES string of the molecule is CCCN(CC)C(=O)C1(CC)CCCNC1. The summed E-state index contributed by atoms with van der Waals surface area (Å²) in [6.07, 6.45) is 4.19. The molecule has 0 radical (unpaired) electrons. The summed E-state index contributed by atoms with van der Waals surface area (Å²) < 4.78 is 0. The Balaban J connectivity index is 2.73. The number of hydrogen-bond donors (Lipinski definition) is 1. The van der Waals surface area contributed by atoms with E-state index in [1.165, 1.54) is 0 Å². The van der Waals surface area contributed by atoms with Gasteiger partial charge in [-0.2, -0.15) is 0 Å². The van der Waals surface area contributed by atoms with Crippen molar-refractivity contribution >= 4 is 5.91 Å². The molecule has 1 aliphatic rings. The molecule has 0 aliphatic carbocycles. The van der Waals surface area contributed by atoms with Gasteiger partial charge in [0.1, 0.15) is 0 Å². The highest BCUT2D eigenvalue weighted by molar-refractivity contribution is 5.83. The number of carbonyl (C=O) groups is 1. The van der Waals surface area contributed by atoms with Gasteiger partial charge in [0.15, 0.2) is 0 Å². The van der Waals surface area contributed by atoms with Gasteiger partial charge in [0.05, 0.1) is 5.41 Å². The first kappa shape index (κ1) is 13.5. The van der Waals surface area contributed by atoms with Crippen LogP contribution in [0.1, 0.15) is 46.5 Å². The van der Waals surface area contributed by atoms with Gasteiger partial charge in [0.2, 0.25) is 5.91 Å². The smallest absolute Gasteiger partial charge is 0.230 e. The molecule has 0 aromatic rings. The Kier molecular flexibility index (Phi) is 5.26. The highest BCUT2D eigenvalue weighted by atomic mass is 16.2. The lowest BCUT2D eigenvalue weighted by atomic mass is 9.77. The molecule has 1 atom stereocenters. The van der Waals surface area contributed by atoms with Gasteiger partial charge in [-0.15, -0.1) is 0 Å². The predicted molar refractivity (Wildman–Crippen MR) is 67.4 cm³/mol. The number of piperidine rings is 1. The monoisotopic (exact) mass is 226 g/mol. The summed E-state index contributed by atoms with van der Waals surface area (Å²) in [5.74, 6) is 0.367. The lowest BCUT2D eigenvalue weighted by molar-refractivity contribution is -0.143. The largest absolute Gasteiger partial charge is 0.342 e. The Hall–Kier alpha value is -0.570. The van der Waals surface area contributed by atoms with E-state index < -0.39 is 0 Å². The molecule has 1 saturated heterocycles. The van der Waals surface area contributed by atoms with Crippen molar-refractivity contribution < 1.29 is 4.79 Å². The first-order valence-electron chi connectivity index (χ1n) is 6.70. The van der Waals surface area contributed by atoms with E-state index in [1.807, 2.05) is 4.90 Å². The van der Waals surface area contributed by atoms with Crippen molar-refractivity contribution in [1.82, 2.24) is 10.2 Å². The molecule has 0 aromatic carbocycles. The van der Waals surface area contributed by atoms with Crippen molar-refractivity contribution in [3.8, 4) is 0 Å². The Morgan fingerprint density at radius 1 is 1.38 bits per heavy atom. The van der Waals surface area contributed by atoms with E-state index in [-0.39, 0.29) is 5.41 Å². The lowest BCUT2D eigenvalue weighted by Crippen LogP contribution is -2.51. The van der Waals surface area contributed by atoms with Crippen LogP contribution < -0.4 is 5.32 Å². The summed E-state index contributed by atoms with van der Waals surface area (Å²) in [7, 11) is 0. The van der Waals surface area contributed by atoms with Crippen molar-refractivity contribution in [2.45, 2.75) is 46.5 Å². The molecule has 1 aliphatic heterocycles. The summed E-state index contributed by atoms with van der Waals surface area (Å²) >= 11 is 0.